The number of nitrogens with one attached hydrogen (secondary N) is 2. The molecule has 2 amide bonds. The van der Waals surface area contributed by atoms with E-state index >= 15 is 0 Å². The lowest BCUT2D eigenvalue weighted by Crippen LogP contribution is -2.39. The highest BCUT2D eigenvalue weighted by molar-refractivity contribution is 6.35. The van der Waals surface area contributed by atoms with Crippen molar-refractivity contribution in [3.8, 4) is 11.5 Å². The number of phenolic OH excluding ortho intramolecular Hbond substituents is 1. The van der Waals surface area contributed by atoms with Gasteiger partial charge >= 0.3 is 17.5 Å². The van der Waals surface area contributed by atoms with Crippen LogP contribution < -0.4 is 15.5 Å². The van der Waals surface area contributed by atoms with Gasteiger partial charge in [0.05, 0.1) is 24.3 Å². The first-order valence-electron chi connectivity index (χ1n) is 8.07. The molecule has 0 aliphatic rings. The van der Waals surface area contributed by atoms with E-state index < -0.39 is 28.2 Å². The average Bonchev–Trinajstić information content (AvgIpc) is 2.69. The summed E-state index contributed by atoms with van der Waals surface area (Å²) in [6, 6.07) is 11.0. The quantitative estimate of drug-likeness (QED) is 0.298. The third-order valence-electron chi connectivity index (χ3n) is 3.73. The average molecular weight is 386 g/mol. The third kappa shape index (κ3) is 5.04. The first kappa shape index (κ1) is 20.4. The van der Waals surface area contributed by atoms with Crippen molar-refractivity contribution in [3.05, 3.63) is 63.7 Å². The van der Waals surface area contributed by atoms with E-state index in [-0.39, 0.29) is 17.4 Å². The van der Waals surface area contributed by atoms with Crippen LogP contribution in [0.4, 0.5) is 5.69 Å². The first-order chi connectivity index (χ1) is 13.3. The molecule has 10 nitrogen and oxygen atoms in total. The Morgan fingerprint density at radius 2 is 1.93 bits per heavy atom. The van der Waals surface area contributed by atoms with E-state index in [2.05, 4.69) is 10.4 Å². The molecule has 0 spiro atoms. The summed E-state index contributed by atoms with van der Waals surface area (Å²) < 4.78 is 4.86. The van der Waals surface area contributed by atoms with Crippen LogP contribution >= 0.6 is 0 Å². The summed E-state index contributed by atoms with van der Waals surface area (Å²) in [5.41, 5.74) is 2.46. The molecule has 2 rings (SSSR count). The van der Waals surface area contributed by atoms with E-state index in [9.17, 15) is 24.8 Å². The van der Waals surface area contributed by atoms with Crippen molar-refractivity contribution < 1.29 is 24.4 Å². The maximum atomic E-state index is 11.9. The second-order valence-corrected chi connectivity index (χ2v) is 5.65. The Hall–Kier alpha value is -3.95. The number of amides is 2. The summed E-state index contributed by atoms with van der Waals surface area (Å²) in [4.78, 5) is 33.9. The van der Waals surface area contributed by atoms with Crippen molar-refractivity contribution in [2.75, 3.05) is 7.11 Å². The molecule has 0 fully saturated rings. The molecule has 146 valence electrons. The smallest absolute Gasteiger partial charge is 0.329 e. The molecule has 0 bridgehead atoms. The van der Waals surface area contributed by atoms with Gasteiger partial charge in [-0.3, -0.25) is 19.7 Å². The van der Waals surface area contributed by atoms with Crippen LogP contribution in [0, 0.1) is 10.1 Å². The summed E-state index contributed by atoms with van der Waals surface area (Å²) in [6.45, 7) is 1.73. The van der Waals surface area contributed by atoms with Crippen molar-refractivity contribution in [1.29, 1.82) is 0 Å². The molecule has 2 aromatic carbocycles. The number of methoxy groups -OCH3 is 1. The number of nitrogens with zero attached hydrogens (tertiary/aromatic N) is 2. The number of carbonyl (C=O) groups excluding carboxylic acids is 2. The van der Waals surface area contributed by atoms with Crippen LogP contribution in [-0.4, -0.2) is 35.2 Å². The molecule has 0 saturated heterocycles. The van der Waals surface area contributed by atoms with Gasteiger partial charge in [0, 0.05) is 11.6 Å². The number of rotatable bonds is 6. The molecule has 0 unspecified atom stereocenters. The Balaban J connectivity index is 2.02. The molecule has 0 aliphatic carbocycles. The predicted molar refractivity (Wildman–Crippen MR) is 100 cm³/mol. The lowest BCUT2D eigenvalue weighted by atomic mass is 10.1. The van der Waals surface area contributed by atoms with Crippen LogP contribution in [0.3, 0.4) is 0 Å². The number of nitro benzene ring substituents is 1. The van der Waals surface area contributed by atoms with Crippen LogP contribution in [0.1, 0.15) is 24.1 Å². The van der Waals surface area contributed by atoms with Crippen LogP contribution in [0.25, 0.3) is 0 Å². The maximum Gasteiger partial charge on any atom is 0.329 e. The molecule has 28 heavy (non-hydrogen) atoms. The number of nitro groups is 1. The maximum absolute atomic E-state index is 11.9. The summed E-state index contributed by atoms with van der Waals surface area (Å²) in [7, 11) is 1.24. The SMILES string of the molecule is COc1cc(/C=N/NC(=O)C(=O)N[C@@H](C)c2ccccc2)cc([N+](=O)[O-])c1O. The van der Waals surface area contributed by atoms with Crippen molar-refractivity contribution in [2.45, 2.75) is 13.0 Å². The van der Waals surface area contributed by atoms with Crippen molar-refractivity contribution in [3.63, 3.8) is 0 Å². The molecular formula is C18H18N4O6. The minimum absolute atomic E-state index is 0.128. The van der Waals surface area contributed by atoms with Gasteiger partial charge in [-0.05, 0) is 18.6 Å². The highest BCUT2D eigenvalue weighted by atomic mass is 16.6. The van der Waals surface area contributed by atoms with E-state index in [0.717, 1.165) is 17.8 Å². The number of hydrazone groups is 1. The molecule has 2 aromatic rings. The van der Waals surface area contributed by atoms with Crippen LogP contribution in [0.2, 0.25) is 0 Å². The normalized spacial score (nSPS) is 11.6. The lowest BCUT2D eigenvalue weighted by Gasteiger charge is -2.13. The Morgan fingerprint density at radius 1 is 1.25 bits per heavy atom. The number of ether oxygens (including phenoxy) is 1. The highest BCUT2D eigenvalue weighted by Crippen LogP contribution is 2.36. The monoisotopic (exact) mass is 386 g/mol. The molecule has 10 heteroatoms. The molecule has 0 aliphatic heterocycles. The molecule has 0 aromatic heterocycles. The Morgan fingerprint density at radius 3 is 2.54 bits per heavy atom. The summed E-state index contributed by atoms with van der Waals surface area (Å²) in [5, 5.41) is 26.8. The van der Waals surface area contributed by atoms with Gasteiger partial charge in [-0.25, -0.2) is 5.43 Å². The molecule has 0 saturated carbocycles. The number of phenols is 1. The lowest BCUT2D eigenvalue weighted by molar-refractivity contribution is -0.386. The molecule has 0 heterocycles. The topological polar surface area (TPSA) is 143 Å². The van der Waals surface area contributed by atoms with E-state index in [0.29, 0.717) is 0 Å². The van der Waals surface area contributed by atoms with Gasteiger partial charge in [0.1, 0.15) is 0 Å². The van der Waals surface area contributed by atoms with Gasteiger partial charge in [-0.15, -0.1) is 0 Å². The van der Waals surface area contributed by atoms with Crippen LogP contribution in [0.5, 0.6) is 11.5 Å². The van der Waals surface area contributed by atoms with E-state index in [1.54, 1.807) is 6.92 Å². The standard InChI is InChI=1S/C18H18N4O6/c1-11(13-6-4-3-5-7-13)20-17(24)18(25)21-19-10-12-8-14(22(26)27)16(23)15(9-12)28-2/h3-11,23H,1-2H3,(H,20,24)(H,21,25)/b19-10+/t11-/m0/s1. The first-order valence-corrected chi connectivity index (χ1v) is 8.07. The van der Waals surface area contributed by atoms with Crippen LogP contribution in [0.15, 0.2) is 47.6 Å². The fourth-order valence-corrected chi connectivity index (χ4v) is 2.29. The second kappa shape index (κ2) is 9.12. The fourth-order valence-electron chi connectivity index (χ4n) is 2.29. The van der Waals surface area contributed by atoms with E-state index in [1.807, 2.05) is 35.8 Å². The van der Waals surface area contributed by atoms with Crippen LogP contribution in [-0.2, 0) is 9.59 Å². The van der Waals surface area contributed by atoms with Gasteiger partial charge in [-0.2, -0.15) is 5.10 Å². The third-order valence-corrected chi connectivity index (χ3v) is 3.73. The minimum Gasteiger partial charge on any atom is -0.500 e. The van der Waals surface area contributed by atoms with Gasteiger partial charge in [0.2, 0.25) is 5.75 Å². The fraction of sp³-hybridized carbons (Fsp3) is 0.167. The number of aromatic hydroxyl groups is 1. The van der Waals surface area contributed by atoms with Crippen molar-refractivity contribution >= 4 is 23.7 Å². The minimum atomic E-state index is -1.00. The summed E-state index contributed by atoms with van der Waals surface area (Å²) >= 11 is 0. The Kier molecular flexibility index (Phi) is 6.63. The largest absolute Gasteiger partial charge is 0.500 e. The van der Waals surface area contributed by atoms with Gasteiger partial charge in [-0.1, -0.05) is 30.3 Å². The molecular weight excluding hydrogens is 368 g/mol. The van der Waals surface area contributed by atoms with E-state index in [1.165, 1.54) is 13.2 Å². The van der Waals surface area contributed by atoms with Gasteiger partial charge in [0.15, 0.2) is 5.75 Å². The number of hydrogen-bond donors (Lipinski definition) is 3. The van der Waals surface area contributed by atoms with Gasteiger partial charge < -0.3 is 15.2 Å². The Bertz CT molecular complexity index is 914. The zero-order valence-corrected chi connectivity index (χ0v) is 15.1. The zero-order valence-electron chi connectivity index (χ0n) is 15.1. The van der Waals surface area contributed by atoms with Gasteiger partial charge in [0.25, 0.3) is 0 Å². The Labute approximate surface area is 160 Å². The number of carbonyl (C=O) groups is 2. The predicted octanol–water partition coefficient (Wildman–Crippen LogP) is 1.64. The van der Waals surface area contributed by atoms with Crippen molar-refractivity contribution in [1.82, 2.24) is 10.7 Å². The summed E-state index contributed by atoms with van der Waals surface area (Å²) in [6.07, 6.45) is 1.08. The number of hydrogen-bond acceptors (Lipinski definition) is 7. The summed E-state index contributed by atoms with van der Waals surface area (Å²) in [5.74, 6) is -2.64. The molecule has 0 radical (unpaired) electrons. The zero-order chi connectivity index (χ0) is 20.7. The number of benzene rings is 2. The van der Waals surface area contributed by atoms with Crippen molar-refractivity contribution in [2.24, 2.45) is 5.10 Å². The second-order valence-electron chi connectivity index (χ2n) is 5.65. The molecule has 3 N–H and O–H groups in total. The van der Waals surface area contributed by atoms with E-state index in [4.69, 9.17) is 4.74 Å². The molecule has 1 atom stereocenters. The highest BCUT2D eigenvalue weighted by Gasteiger charge is 2.20.